The van der Waals surface area contributed by atoms with Gasteiger partial charge in [0.05, 0.1) is 17.9 Å². The normalized spacial score (nSPS) is 17.1. The van der Waals surface area contributed by atoms with E-state index in [9.17, 15) is 14.4 Å². The molecule has 1 saturated heterocycles. The Kier molecular flexibility index (Phi) is 7.46. The lowest BCUT2D eigenvalue weighted by Gasteiger charge is -2.31. The van der Waals surface area contributed by atoms with Gasteiger partial charge in [-0.3, -0.25) is 14.4 Å². The number of carbonyl (C=O) groups is 3. The van der Waals surface area contributed by atoms with Crippen LogP contribution >= 0.6 is 11.3 Å². The zero-order valence-electron chi connectivity index (χ0n) is 17.1. The molecule has 1 fully saturated rings. The Balaban J connectivity index is 1.50. The van der Waals surface area contributed by atoms with E-state index >= 15 is 0 Å². The minimum atomic E-state index is -0.921. The van der Waals surface area contributed by atoms with Crippen LogP contribution in [0.1, 0.15) is 35.0 Å². The summed E-state index contributed by atoms with van der Waals surface area (Å²) in [5.41, 5.74) is 0.835. The van der Waals surface area contributed by atoms with Crippen LogP contribution in [0.3, 0.4) is 0 Å². The second kappa shape index (κ2) is 10.2. The number of hydrogen-bond acceptors (Lipinski definition) is 6. The van der Waals surface area contributed by atoms with Crippen molar-refractivity contribution >= 4 is 29.1 Å². The Morgan fingerprint density at radius 1 is 1.23 bits per heavy atom. The highest BCUT2D eigenvalue weighted by Gasteiger charge is 2.32. The minimum absolute atomic E-state index is 0.0647. The molecule has 1 N–H and O–H groups in total. The lowest BCUT2D eigenvalue weighted by Crippen LogP contribution is -2.44. The number of nitrogens with one attached hydrogen (secondary N) is 1. The van der Waals surface area contributed by atoms with Gasteiger partial charge in [0.2, 0.25) is 0 Å². The van der Waals surface area contributed by atoms with Crippen molar-refractivity contribution < 1.29 is 23.9 Å². The fourth-order valence-electron chi connectivity index (χ4n) is 3.41. The fourth-order valence-corrected chi connectivity index (χ4v) is 4.10. The number of esters is 1. The first-order valence-electron chi connectivity index (χ1n) is 9.92. The number of piperidine rings is 1. The Hall–Kier alpha value is -2.87. The zero-order chi connectivity index (χ0) is 21.5. The molecule has 0 aliphatic carbocycles. The molecule has 3 rings (SSSR count). The van der Waals surface area contributed by atoms with Crippen LogP contribution in [0.5, 0.6) is 5.75 Å². The molecule has 8 heteroatoms. The van der Waals surface area contributed by atoms with Gasteiger partial charge in [-0.15, -0.1) is 11.3 Å². The van der Waals surface area contributed by atoms with Crippen LogP contribution in [0.15, 0.2) is 41.8 Å². The van der Waals surface area contributed by atoms with Crippen molar-refractivity contribution in [1.82, 2.24) is 10.2 Å². The van der Waals surface area contributed by atoms with Crippen molar-refractivity contribution in [2.24, 2.45) is 5.92 Å². The first-order valence-corrected chi connectivity index (χ1v) is 10.8. The predicted octanol–water partition coefficient (Wildman–Crippen LogP) is 2.86. The van der Waals surface area contributed by atoms with E-state index in [4.69, 9.17) is 9.47 Å². The number of thiophene rings is 1. The second-order valence-electron chi connectivity index (χ2n) is 7.18. The van der Waals surface area contributed by atoms with E-state index in [0.717, 1.165) is 12.0 Å². The maximum Gasteiger partial charge on any atom is 0.311 e. The van der Waals surface area contributed by atoms with E-state index < -0.39 is 18.0 Å². The van der Waals surface area contributed by atoms with Crippen LogP contribution in [-0.2, 0) is 20.9 Å². The number of benzene rings is 1. The number of nitrogens with zero attached hydrogens (tertiary/aromatic N) is 1. The Morgan fingerprint density at radius 3 is 2.77 bits per heavy atom. The monoisotopic (exact) mass is 430 g/mol. The molecular weight excluding hydrogens is 404 g/mol. The van der Waals surface area contributed by atoms with Gasteiger partial charge in [0, 0.05) is 25.2 Å². The molecule has 2 unspecified atom stereocenters. The molecular formula is C22H26N2O5S. The highest BCUT2D eigenvalue weighted by atomic mass is 32.1. The van der Waals surface area contributed by atoms with Gasteiger partial charge in [-0.2, -0.15) is 0 Å². The number of rotatable bonds is 7. The molecule has 0 bridgehead atoms. The summed E-state index contributed by atoms with van der Waals surface area (Å²) in [5, 5.41) is 4.62. The molecule has 2 heterocycles. The molecule has 1 aliphatic heterocycles. The molecule has 0 radical (unpaired) electrons. The number of carbonyl (C=O) groups excluding carboxylic acids is 3. The largest absolute Gasteiger partial charge is 0.496 e. The van der Waals surface area contributed by atoms with Crippen LogP contribution in [0.4, 0.5) is 0 Å². The maximum atomic E-state index is 12.6. The van der Waals surface area contributed by atoms with Gasteiger partial charge in [0.25, 0.3) is 11.8 Å². The van der Waals surface area contributed by atoms with Crippen molar-refractivity contribution in [2.45, 2.75) is 32.4 Å². The standard InChI is InChI=1S/C22H26N2O5S/c1-15(20(25)23-13-16-7-3-4-9-18(16)28-2)29-22(27)17-8-5-11-24(14-17)21(26)19-10-6-12-30-19/h3-4,6-7,9-10,12,15,17H,5,8,11,13-14H2,1-2H3,(H,23,25). The maximum absolute atomic E-state index is 12.6. The number of methoxy groups -OCH3 is 1. The minimum Gasteiger partial charge on any atom is -0.496 e. The summed E-state index contributed by atoms with van der Waals surface area (Å²) in [6.45, 7) is 2.75. The van der Waals surface area contributed by atoms with Gasteiger partial charge in [0.15, 0.2) is 6.10 Å². The van der Waals surface area contributed by atoms with Gasteiger partial charge in [0.1, 0.15) is 5.75 Å². The van der Waals surface area contributed by atoms with Gasteiger partial charge in [-0.05, 0) is 37.3 Å². The number of para-hydroxylation sites is 1. The quantitative estimate of drug-likeness (QED) is 0.683. The molecule has 2 amide bonds. The fraction of sp³-hybridized carbons (Fsp3) is 0.409. The van der Waals surface area contributed by atoms with Gasteiger partial charge in [-0.25, -0.2) is 0 Å². The van der Waals surface area contributed by atoms with Gasteiger partial charge in [-0.1, -0.05) is 24.3 Å². The number of amides is 2. The van der Waals surface area contributed by atoms with Gasteiger partial charge < -0.3 is 19.7 Å². The van der Waals surface area contributed by atoms with Crippen molar-refractivity contribution in [1.29, 1.82) is 0 Å². The molecule has 160 valence electrons. The summed E-state index contributed by atoms with van der Waals surface area (Å²) in [6, 6.07) is 11.0. The third-order valence-corrected chi connectivity index (χ3v) is 5.94. The molecule has 1 aliphatic rings. The molecule has 1 aromatic carbocycles. The van der Waals surface area contributed by atoms with E-state index in [1.807, 2.05) is 35.7 Å². The van der Waals surface area contributed by atoms with E-state index in [2.05, 4.69) is 5.32 Å². The summed E-state index contributed by atoms with van der Waals surface area (Å²) in [4.78, 5) is 39.8. The van der Waals surface area contributed by atoms with E-state index in [-0.39, 0.29) is 18.4 Å². The molecule has 2 atom stereocenters. The predicted molar refractivity (Wildman–Crippen MR) is 113 cm³/mol. The van der Waals surface area contributed by atoms with Crippen molar-refractivity contribution in [2.75, 3.05) is 20.2 Å². The highest BCUT2D eigenvalue weighted by Crippen LogP contribution is 2.22. The van der Waals surface area contributed by atoms with Crippen LogP contribution in [0.25, 0.3) is 0 Å². The summed E-state index contributed by atoms with van der Waals surface area (Å²) in [6.07, 6.45) is 0.448. The lowest BCUT2D eigenvalue weighted by molar-refractivity contribution is -0.160. The number of likely N-dealkylation sites (tertiary alicyclic amines) is 1. The van der Waals surface area contributed by atoms with Crippen LogP contribution in [0.2, 0.25) is 0 Å². The van der Waals surface area contributed by atoms with Crippen LogP contribution in [0, 0.1) is 5.92 Å². The van der Waals surface area contributed by atoms with Crippen molar-refractivity contribution in [3.05, 3.63) is 52.2 Å². The Bertz CT molecular complexity index is 883. The molecule has 0 saturated carbocycles. The molecule has 2 aromatic rings. The molecule has 0 spiro atoms. The third-order valence-electron chi connectivity index (χ3n) is 5.08. The van der Waals surface area contributed by atoms with E-state index in [1.165, 1.54) is 11.3 Å². The highest BCUT2D eigenvalue weighted by molar-refractivity contribution is 7.12. The average Bonchev–Trinajstić information content (AvgIpc) is 3.32. The second-order valence-corrected chi connectivity index (χ2v) is 8.12. The summed E-state index contributed by atoms with van der Waals surface area (Å²) < 4.78 is 10.7. The summed E-state index contributed by atoms with van der Waals surface area (Å²) >= 11 is 1.39. The number of ether oxygens (including phenoxy) is 2. The smallest absolute Gasteiger partial charge is 0.311 e. The zero-order valence-corrected chi connectivity index (χ0v) is 17.9. The molecule has 1 aromatic heterocycles. The van der Waals surface area contributed by atoms with Gasteiger partial charge >= 0.3 is 5.97 Å². The van der Waals surface area contributed by atoms with Crippen LogP contribution < -0.4 is 10.1 Å². The number of hydrogen-bond donors (Lipinski definition) is 1. The molecule has 30 heavy (non-hydrogen) atoms. The lowest BCUT2D eigenvalue weighted by atomic mass is 9.98. The third kappa shape index (κ3) is 5.38. The first kappa shape index (κ1) is 21.8. The van der Waals surface area contributed by atoms with Crippen molar-refractivity contribution in [3.8, 4) is 5.75 Å². The topological polar surface area (TPSA) is 84.9 Å². The molecule has 7 nitrogen and oxygen atoms in total. The SMILES string of the molecule is COc1ccccc1CNC(=O)C(C)OC(=O)C1CCCN(C(=O)c2cccs2)C1. The Morgan fingerprint density at radius 2 is 2.03 bits per heavy atom. The van der Waals surface area contributed by atoms with E-state index in [1.54, 1.807) is 25.0 Å². The summed E-state index contributed by atoms with van der Waals surface area (Å²) in [7, 11) is 1.57. The van der Waals surface area contributed by atoms with Crippen LogP contribution in [-0.4, -0.2) is 49.0 Å². The first-order chi connectivity index (χ1) is 14.5. The Labute approximate surface area is 180 Å². The summed E-state index contributed by atoms with van der Waals surface area (Å²) in [5.74, 6) is -0.632. The van der Waals surface area contributed by atoms with E-state index in [0.29, 0.717) is 30.1 Å². The average molecular weight is 431 g/mol. The van der Waals surface area contributed by atoms with Crippen molar-refractivity contribution in [3.63, 3.8) is 0 Å².